The highest BCUT2D eigenvalue weighted by Crippen LogP contribution is 1.77. The van der Waals surface area contributed by atoms with Crippen LogP contribution in [0, 0.1) is 0 Å². The Kier molecular flexibility index (Phi) is 3.83. The molecule has 0 radical (unpaired) electrons. The quantitative estimate of drug-likeness (QED) is 0.292. The molecule has 0 aliphatic rings. The van der Waals surface area contributed by atoms with Crippen molar-refractivity contribution in [2.75, 3.05) is 12.5 Å². The van der Waals surface area contributed by atoms with E-state index in [2.05, 4.69) is 17.4 Å². The molecule has 1 N–H and O–H groups in total. The van der Waals surface area contributed by atoms with Gasteiger partial charge in [-0.1, -0.05) is 0 Å². The van der Waals surface area contributed by atoms with Gasteiger partial charge in [-0.2, -0.15) is 12.6 Å². The summed E-state index contributed by atoms with van der Waals surface area (Å²) in [5.74, 6) is -0.494. The van der Waals surface area contributed by atoms with Gasteiger partial charge in [0.05, 0.1) is 5.75 Å². The van der Waals surface area contributed by atoms with Gasteiger partial charge in [0.1, 0.15) is 0 Å². The van der Waals surface area contributed by atoms with Crippen LogP contribution < -0.4 is 0 Å². The van der Waals surface area contributed by atoms with Gasteiger partial charge < -0.3 is 9.84 Å². The van der Waals surface area contributed by atoms with Crippen LogP contribution in [0.4, 0.5) is 0 Å². The predicted molar refractivity (Wildman–Crippen MR) is 27.0 cm³/mol. The third-order valence-corrected chi connectivity index (χ3v) is 0.613. The van der Waals surface area contributed by atoms with Crippen molar-refractivity contribution in [3.63, 3.8) is 0 Å². The molecule has 0 aliphatic heterocycles. The van der Waals surface area contributed by atoms with Gasteiger partial charge in [-0.25, -0.2) is 0 Å². The summed E-state index contributed by atoms with van der Waals surface area (Å²) in [6.45, 7) is -0.556. The summed E-state index contributed by atoms with van der Waals surface area (Å²) in [4.78, 5) is 9.95. The number of carbonyl (C=O) groups is 1. The third-order valence-electron chi connectivity index (χ3n) is 0.355. The van der Waals surface area contributed by atoms with Gasteiger partial charge in [-0.3, -0.25) is 4.79 Å². The summed E-state index contributed by atoms with van der Waals surface area (Å²) < 4.78 is 4.03. The average molecular weight is 122 g/mol. The number of rotatable bonds is 2. The van der Waals surface area contributed by atoms with Crippen LogP contribution in [-0.2, 0) is 9.53 Å². The van der Waals surface area contributed by atoms with Crippen LogP contribution in [-0.4, -0.2) is 23.6 Å². The molecule has 4 heteroatoms. The van der Waals surface area contributed by atoms with Gasteiger partial charge in [-0.15, -0.1) is 0 Å². The molecule has 0 aromatic heterocycles. The van der Waals surface area contributed by atoms with Crippen molar-refractivity contribution in [2.45, 2.75) is 0 Å². The van der Waals surface area contributed by atoms with Gasteiger partial charge >= 0.3 is 5.97 Å². The van der Waals surface area contributed by atoms with Crippen molar-refractivity contribution in [3.8, 4) is 0 Å². The molecule has 42 valence electrons. The molecular formula is C3H6O3S. The van der Waals surface area contributed by atoms with E-state index in [1.54, 1.807) is 0 Å². The fourth-order valence-electron chi connectivity index (χ4n) is 0.118. The Bertz CT molecular complexity index is 63.2. The first-order chi connectivity index (χ1) is 3.31. The standard InChI is InChI=1S/C3H6O3S/c4-2-6-3(5)1-7/h4,7H,1-2H2. The maximum Gasteiger partial charge on any atom is 0.317 e. The summed E-state index contributed by atoms with van der Waals surface area (Å²) in [7, 11) is 0. The fourth-order valence-corrected chi connectivity index (χ4v) is 0.209. The van der Waals surface area contributed by atoms with Gasteiger partial charge in [0.25, 0.3) is 0 Å². The van der Waals surface area contributed by atoms with Crippen molar-refractivity contribution >= 4 is 18.6 Å². The zero-order chi connectivity index (χ0) is 5.70. The summed E-state index contributed by atoms with van der Waals surface area (Å²) in [5, 5.41) is 7.89. The lowest BCUT2D eigenvalue weighted by Crippen LogP contribution is -2.05. The largest absolute Gasteiger partial charge is 0.438 e. The van der Waals surface area contributed by atoms with Gasteiger partial charge in [-0.05, 0) is 0 Å². The van der Waals surface area contributed by atoms with Crippen LogP contribution in [0.15, 0.2) is 0 Å². The minimum absolute atomic E-state index is 0.0144. The molecule has 0 unspecified atom stereocenters. The number of hydrogen-bond acceptors (Lipinski definition) is 4. The molecule has 0 atom stereocenters. The average Bonchev–Trinajstić information content (AvgIpc) is 1.68. The zero-order valence-corrected chi connectivity index (χ0v) is 4.52. The Morgan fingerprint density at radius 2 is 2.43 bits per heavy atom. The summed E-state index contributed by atoms with van der Waals surface area (Å²) >= 11 is 3.56. The first kappa shape index (κ1) is 6.78. The molecule has 0 spiro atoms. The number of ether oxygens (including phenoxy) is 1. The van der Waals surface area contributed by atoms with Crippen LogP contribution >= 0.6 is 12.6 Å². The van der Waals surface area contributed by atoms with E-state index in [9.17, 15) is 4.79 Å². The lowest BCUT2D eigenvalue weighted by atomic mass is 10.8. The number of hydrogen-bond donors (Lipinski definition) is 2. The van der Waals surface area contributed by atoms with Crippen LogP contribution in [0.3, 0.4) is 0 Å². The van der Waals surface area contributed by atoms with E-state index >= 15 is 0 Å². The second kappa shape index (κ2) is 3.95. The van der Waals surface area contributed by atoms with Crippen molar-refractivity contribution < 1.29 is 14.6 Å². The number of aliphatic hydroxyl groups excluding tert-OH is 1. The highest BCUT2D eigenvalue weighted by molar-refractivity contribution is 7.81. The van der Waals surface area contributed by atoms with Crippen molar-refractivity contribution in [1.29, 1.82) is 0 Å². The van der Waals surface area contributed by atoms with E-state index in [1.165, 1.54) is 0 Å². The summed E-state index contributed by atoms with van der Waals surface area (Å²) in [6, 6.07) is 0. The number of aliphatic hydroxyl groups is 1. The summed E-state index contributed by atoms with van der Waals surface area (Å²) in [5.41, 5.74) is 0. The Balaban J connectivity index is 3.00. The molecule has 0 aromatic rings. The van der Waals surface area contributed by atoms with Crippen LogP contribution in [0.2, 0.25) is 0 Å². The van der Waals surface area contributed by atoms with Crippen LogP contribution in [0.25, 0.3) is 0 Å². The number of carbonyl (C=O) groups excluding carboxylic acids is 1. The Morgan fingerprint density at radius 1 is 1.86 bits per heavy atom. The molecule has 0 rings (SSSR count). The molecule has 0 heterocycles. The van der Waals surface area contributed by atoms with Crippen molar-refractivity contribution in [2.24, 2.45) is 0 Å². The molecule has 0 amide bonds. The molecule has 0 bridgehead atoms. The Morgan fingerprint density at radius 3 is 2.57 bits per heavy atom. The summed E-state index contributed by atoms with van der Waals surface area (Å²) in [6.07, 6.45) is 0. The van der Waals surface area contributed by atoms with Crippen molar-refractivity contribution in [3.05, 3.63) is 0 Å². The maximum atomic E-state index is 9.95. The first-order valence-corrected chi connectivity index (χ1v) is 2.32. The number of thiol groups is 1. The monoisotopic (exact) mass is 122 g/mol. The number of esters is 1. The molecule has 3 nitrogen and oxygen atoms in total. The third kappa shape index (κ3) is 3.61. The van der Waals surface area contributed by atoms with E-state index in [0.717, 1.165) is 0 Å². The van der Waals surface area contributed by atoms with E-state index in [4.69, 9.17) is 5.11 Å². The molecule has 0 fully saturated rings. The predicted octanol–water partition coefficient (Wildman–Crippen LogP) is -0.591. The van der Waals surface area contributed by atoms with Crippen LogP contribution in [0.1, 0.15) is 0 Å². The topological polar surface area (TPSA) is 46.5 Å². The van der Waals surface area contributed by atoms with Gasteiger partial charge in [0.15, 0.2) is 6.79 Å². The Hall–Kier alpha value is -0.220. The molecular weight excluding hydrogens is 116 g/mol. The van der Waals surface area contributed by atoms with Gasteiger partial charge in [0, 0.05) is 0 Å². The maximum absolute atomic E-state index is 9.95. The fraction of sp³-hybridized carbons (Fsp3) is 0.667. The molecule has 0 saturated heterocycles. The smallest absolute Gasteiger partial charge is 0.317 e. The highest BCUT2D eigenvalue weighted by Gasteiger charge is 1.92. The molecule has 7 heavy (non-hydrogen) atoms. The van der Waals surface area contributed by atoms with E-state index in [0.29, 0.717) is 0 Å². The molecule has 0 aromatic carbocycles. The lowest BCUT2D eigenvalue weighted by molar-refractivity contribution is -0.148. The van der Waals surface area contributed by atoms with Crippen LogP contribution in [0.5, 0.6) is 0 Å². The zero-order valence-electron chi connectivity index (χ0n) is 3.63. The van der Waals surface area contributed by atoms with E-state index in [-0.39, 0.29) is 5.75 Å². The normalized spacial score (nSPS) is 8.29. The highest BCUT2D eigenvalue weighted by atomic mass is 32.1. The van der Waals surface area contributed by atoms with E-state index < -0.39 is 12.8 Å². The molecule has 0 saturated carbocycles. The first-order valence-electron chi connectivity index (χ1n) is 1.68. The van der Waals surface area contributed by atoms with Crippen molar-refractivity contribution in [1.82, 2.24) is 0 Å². The molecule has 0 aliphatic carbocycles. The van der Waals surface area contributed by atoms with Gasteiger partial charge in [0.2, 0.25) is 0 Å². The lowest BCUT2D eigenvalue weighted by Gasteiger charge is -1.92. The minimum Gasteiger partial charge on any atom is -0.438 e. The SMILES string of the molecule is O=C(CS)OCO. The van der Waals surface area contributed by atoms with E-state index in [1.807, 2.05) is 0 Å². The second-order valence-corrected chi connectivity index (χ2v) is 1.12. The second-order valence-electron chi connectivity index (χ2n) is 0.804. The Labute approximate surface area is 46.7 Å². The minimum atomic E-state index is -0.556.